The lowest BCUT2D eigenvalue weighted by molar-refractivity contribution is 0.0526. The Morgan fingerprint density at radius 1 is 1.38 bits per heavy atom. The third-order valence-corrected chi connectivity index (χ3v) is 4.67. The third kappa shape index (κ3) is 6.05. The van der Waals surface area contributed by atoms with Crippen LogP contribution in [0, 0.1) is 5.92 Å². The molecule has 0 bridgehead atoms. The van der Waals surface area contributed by atoms with Crippen molar-refractivity contribution in [3.05, 3.63) is 28.2 Å². The molecule has 118 valence electrons. The molecule has 0 saturated carbocycles. The molecule has 0 unspecified atom stereocenters. The molecule has 0 spiro atoms. The van der Waals surface area contributed by atoms with E-state index in [2.05, 4.69) is 20.7 Å². The van der Waals surface area contributed by atoms with Crippen molar-refractivity contribution in [1.29, 1.82) is 0 Å². The van der Waals surface area contributed by atoms with Gasteiger partial charge in [0, 0.05) is 4.47 Å². The number of ether oxygens (including phenoxy) is 1. The Hall–Kier alpha value is -1.08. The summed E-state index contributed by atoms with van der Waals surface area (Å²) in [6, 6.07) is 4.62. The Labute approximate surface area is 134 Å². The number of carbonyl (C=O) groups is 1. The van der Waals surface area contributed by atoms with E-state index in [0.717, 1.165) is 0 Å². The zero-order chi connectivity index (χ0) is 16.0. The second kappa shape index (κ2) is 7.79. The van der Waals surface area contributed by atoms with Gasteiger partial charge in [-0.25, -0.2) is 13.2 Å². The van der Waals surface area contributed by atoms with Gasteiger partial charge in [-0.05, 0) is 53.4 Å². The molecule has 0 aliphatic rings. The predicted molar refractivity (Wildman–Crippen MR) is 87.0 cm³/mol. The number of benzene rings is 1. The van der Waals surface area contributed by atoms with Crippen LogP contribution in [0.5, 0.6) is 0 Å². The fourth-order valence-corrected chi connectivity index (χ4v) is 3.55. The summed E-state index contributed by atoms with van der Waals surface area (Å²) < 4.78 is 31.8. The SMILES string of the molecule is CCOC(=O)c1ccc(NS(=O)(=O)CCC(C)C)c(Br)c1. The monoisotopic (exact) mass is 377 g/mol. The van der Waals surface area contributed by atoms with E-state index < -0.39 is 16.0 Å². The fraction of sp³-hybridized carbons (Fsp3) is 0.500. The van der Waals surface area contributed by atoms with Gasteiger partial charge in [-0.3, -0.25) is 4.72 Å². The molecular weight excluding hydrogens is 358 g/mol. The molecule has 0 atom stereocenters. The second-order valence-electron chi connectivity index (χ2n) is 5.02. The maximum Gasteiger partial charge on any atom is 0.338 e. The molecule has 0 heterocycles. The smallest absolute Gasteiger partial charge is 0.338 e. The number of hydrogen-bond donors (Lipinski definition) is 1. The normalized spacial score (nSPS) is 11.5. The van der Waals surface area contributed by atoms with Crippen LogP contribution < -0.4 is 4.72 Å². The van der Waals surface area contributed by atoms with Crippen molar-refractivity contribution in [1.82, 2.24) is 0 Å². The van der Waals surface area contributed by atoms with Gasteiger partial charge in [0.15, 0.2) is 0 Å². The van der Waals surface area contributed by atoms with Gasteiger partial charge in [-0.15, -0.1) is 0 Å². The summed E-state index contributed by atoms with van der Waals surface area (Å²) in [5.74, 6) is -0.0554. The lowest BCUT2D eigenvalue weighted by atomic mass is 10.2. The highest BCUT2D eigenvalue weighted by Crippen LogP contribution is 2.25. The predicted octanol–water partition coefficient (Wildman–Crippen LogP) is 3.41. The highest BCUT2D eigenvalue weighted by Gasteiger charge is 2.15. The number of hydrogen-bond acceptors (Lipinski definition) is 4. The molecule has 1 aromatic rings. The van der Waals surface area contributed by atoms with Crippen LogP contribution in [0.3, 0.4) is 0 Å². The van der Waals surface area contributed by atoms with Crippen LogP contribution in [0.25, 0.3) is 0 Å². The Morgan fingerprint density at radius 2 is 2.05 bits per heavy atom. The average Bonchev–Trinajstić information content (AvgIpc) is 2.39. The second-order valence-corrected chi connectivity index (χ2v) is 7.71. The first-order valence-corrected chi connectivity index (χ1v) is 9.17. The summed E-state index contributed by atoms with van der Waals surface area (Å²) in [7, 11) is -3.39. The number of sulfonamides is 1. The number of esters is 1. The number of carbonyl (C=O) groups excluding carboxylic acids is 1. The molecule has 21 heavy (non-hydrogen) atoms. The quantitative estimate of drug-likeness (QED) is 0.738. The van der Waals surface area contributed by atoms with Gasteiger partial charge in [-0.1, -0.05) is 13.8 Å². The molecule has 0 saturated heterocycles. The lowest BCUT2D eigenvalue weighted by Crippen LogP contribution is -2.18. The van der Waals surface area contributed by atoms with Crippen molar-refractivity contribution in [3.8, 4) is 0 Å². The van der Waals surface area contributed by atoms with Crippen LogP contribution in [0.1, 0.15) is 37.6 Å². The van der Waals surface area contributed by atoms with Crippen LogP contribution in [0.2, 0.25) is 0 Å². The molecule has 0 aromatic heterocycles. The van der Waals surface area contributed by atoms with E-state index in [0.29, 0.717) is 34.7 Å². The van der Waals surface area contributed by atoms with Crippen LogP contribution in [-0.4, -0.2) is 26.7 Å². The summed E-state index contributed by atoms with van der Waals surface area (Å²) in [5, 5.41) is 0. The standard InChI is InChI=1S/C14H20BrNO4S/c1-4-20-14(17)11-5-6-13(12(15)9-11)16-21(18,19)8-7-10(2)3/h5-6,9-10,16H,4,7-8H2,1-3H3. The Kier molecular flexibility index (Phi) is 6.67. The Bertz CT molecular complexity index is 599. The van der Waals surface area contributed by atoms with E-state index in [1.165, 1.54) is 12.1 Å². The molecular formula is C14H20BrNO4S. The van der Waals surface area contributed by atoms with Crippen LogP contribution in [-0.2, 0) is 14.8 Å². The van der Waals surface area contributed by atoms with Gasteiger partial charge in [0.05, 0.1) is 23.6 Å². The highest BCUT2D eigenvalue weighted by molar-refractivity contribution is 9.10. The van der Waals surface area contributed by atoms with Gasteiger partial charge in [-0.2, -0.15) is 0 Å². The Balaban J connectivity index is 2.83. The van der Waals surface area contributed by atoms with Gasteiger partial charge in [0.2, 0.25) is 10.0 Å². The first-order valence-electron chi connectivity index (χ1n) is 6.72. The van der Waals surface area contributed by atoms with Crippen molar-refractivity contribution in [2.45, 2.75) is 27.2 Å². The van der Waals surface area contributed by atoms with Gasteiger partial charge < -0.3 is 4.74 Å². The summed E-state index contributed by atoms with van der Waals surface area (Å²) in [6.45, 7) is 5.96. The number of halogens is 1. The number of nitrogens with one attached hydrogen (secondary N) is 1. The minimum Gasteiger partial charge on any atom is -0.462 e. The van der Waals surface area contributed by atoms with Crippen molar-refractivity contribution in [3.63, 3.8) is 0 Å². The van der Waals surface area contributed by atoms with E-state index in [1.807, 2.05) is 13.8 Å². The van der Waals surface area contributed by atoms with Crippen LogP contribution in [0.15, 0.2) is 22.7 Å². The van der Waals surface area contributed by atoms with E-state index in [4.69, 9.17) is 4.74 Å². The first kappa shape index (κ1) is 18.0. The maximum atomic E-state index is 12.0. The molecule has 0 amide bonds. The molecule has 1 aromatic carbocycles. The van der Waals surface area contributed by atoms with E-state index >= 15 is 0 Å². The van der Waals surface area contributed by atoms with Gasteiger partial charge >= 0.3 is 5.97 Å². The van der Waals surface area contributed by atoms with E-state index in [-0.39, 0.29) is 5.75 Å². The summed E-state index contributed by atoms with van der Waals surface area (Å²) >= 11 is 3.26. The van der Waals surface area contributed by atoms with Crippen LogP contribution in [0.4, 0.5) is 5.69 Å². The summed E-state index contributed by atoms with van der Waals surface area (Å²) in [6.07, 6.45) is 0.591. The van der Waals surface area contributed by atoms with Crippen molar-refractivity contribution >= 4 is 37.6 Å². The molecule has 0 aliphatic heterocycles. The van der Waals surface area contributed by atoms with Crippen LogP contribution >= 0.6 is 15.9 Å². The Morgan fingerprint density at radius 3 is 2.57 bits per heavy atom. The van der Waals surface area contributed by atoms with E-state index in [9.17, 15) is 13.2 Å². The fourth-order valence-electron chi connectivity index (χ4n) is 1.55. The van der Waals surface area contributed by atoms with Gasteiger partial charge in [0.1, 0.15) is 0 Å². The minimum atomic E-state index is -3.39. The number of rotatable bonds is 7. The zero-order valence-corrected chi connectivity index (χ0v) is 14.8. The molecule has 0 aliphatic carbocycles. The van der Waals surface area contributed by atoms with Crippen molar-refractivity contribution < 1.29 is 17.9 Å². The zero-order valence-electron chi connectivity index (χ0n) is 12.3. The third-order valence-electron chi connectivity index (χ3n) is 2.71. The minimum absolute atomic E-state index is 0.0662. The molecule has 1 rings (SSSR count). The number of anilines is 1. The molecule has 7 heteroatoms. The molecule has 0 fully saturated rings. The summed E-state index contributed by atoms with van der Waals surface area (Å²) in [4.78, 5) is 11.6. The van der Waals surface area contributed by atoms with Crippen molar-refractivity contribution in [2.75, 3.05) is 17.1 Å². The molecule has 1 N–H and O–H groups in total. The highest BCUT2D eigenvalue weighted by atomic mass is 79.9. The van der Waals surface area contributed by atoms with Gasteiger partial charge in [0.25, 0.3) is 0 Å². The topological polar surface area (TPSA) is 72.5 Å². The average molecular weight is 378 g/mol. The molecule has 0 radical (unpaired) electrons. The maximum absolute atomic E-state index is 12.0. The largest absolute Gasteiger partial charge is 0.462 e. The summed E-state index contributed by atoms with van der Waals surface area (Å²) in [5.41, 5.74) is 0.778. The van der Waals surface area contributed by atoms with Crippen molar-refractivity contribution in [2.24, 2.45) is 5.92 Å². The van der Waals surface area contributed by atoms with E-state index in [1.54, 1.807) is 13.0 Å². The first-order chi connectivity index (χ1) is 9.75. The lowest BCUT2D eigenvalue weighted by Gasteiger charge is -2.11. The molecule has 5 nitrogen and oxygen atoms in total.